The lowest BCUT2D eigenvalue weighted by Crippen LogP contribution is -2.46. The van der Waals surface area contributed by atoms with E-state index >= 15 is 0 Å². The molecule has 0 unspecified atom stereocenters. The third kappa shape index (κ3) is 3.98. The van der Waals surface area contributed by atoms with Gasteiger partial charge in [-0.2, -0.15) is 0 Å². The van der Waals surface area contributed by atoms with Crippen molar-refractivity contribution in [3.63, 3.8) is 0 Å². The Hall–Kier alpha value is -1.72. The van der Waals surface area contributed by atoms with E-state index in [4.69, 9.17) is 27.9 Å². The van der Waals surface area contributed by atoms with Gasteiger partial charge in [0, 0.05) is 15.7 Å². The van der Waals surface area contributed by atoms with Gasteiger partial charge in [0.05, 0.1) is 18.2 Å². The highest BCUT2D eigenvalue weighted by atomic mass is 35.5. The highest BCUT2D eigenvalue weighted by Gasteiger charge is 2.34. The third-order valence-electron chi connectivity index (χ3n) is 3.42. The SMILES string of the molecule is CCCC1=C(C(=O)OCC)[C@@H](c2ccc(Cl)cc2Cl)NC(=O)N1. The molecule has 0 saturated carbocycles. The number of halogens is 2. The minimum atomic E-state index is -0.672. The van der Waals surface area contributed by atoms with Crippen LogP contribution >= 0.6 is 23.2 Å². The molecule has 1 heterocycles. The molecule has 0 bridgehead atoms. The van der Waals surface area contributed by atoms with E-state index in [-0.39, 0.29) is 12.6 Å². The molecule has 1 aliphatic rings. The number of hydrogen-bond acceptors (Lipinski definition) is 3. The largest absolute Gasteiger partial charge is 0.463 e. The highest BCUT2D eigenvalue weighted by molar-refractivity contribution is 6.35. The fourth-order valence-corrected chi connectivity index (χ4v) is 3.00. The molecule has 1 aromatic rings. The van der Waals surface area contributed by atoms with Crippen LogP contribution in [0.2, 0.25) is 10.0 Å². The van der Waals surface area contributed by atoms with E-state index in [1.807, 2.05) is 6.92 Å². The molecule has 0 fully saturated rings. The minimum absolute atomic E-state index is 0.247. The second kappa shape index (κ2) is 7.70. The Morgan fingerprint density at radius 2 is 2.04 bits per heavy atom. The maximum atomic E-state index is 12.4. The first-order chi connectivity index (χ1) is 11.0. The van der Waals surface area contributed by atoms with Crippen LogP contribution in [0.15, 0.2) is 29.5 Å². The van der Waals surface area contributed by atoms with Gasteiger partial charge in [-0.25, -0.2) is 9.59 Å². The van der Waals surface area contributed by atoms with Gasteiger partial charge in [0.15, 0.2) is 0 Å². The fourth-order valence-electron chi connectivity index (χ4n) is 2.48. The molecule has 0 aromatic heterocycles. The molecule has 0 aliphatic carbocycles. The van der Waals surface area contributed by atoms with Gasteiger partial charge >= 0.3 is 12.0 Å². The Morgan fingerprint density at radius 1 is 1.30 bits per heavy atom. The minimum Gasteiger partial charge on any atom is -0.463 e. The Morgan fingerprint density at radius 3 is 2.65 bits per heavy atom. The van der Waals surface area contributed by atoms with Crippen LogP contribution in [0.25, 0.3) is 0 Å². The van der Waals surface area contributed by atoms with Crippen molar-refractivity contribution >= 4 is 35.2 Å². The molecule has 0 spiro atoms. The van der Waals surface area contributed by atoms with Gasteiger partial charge in [-0.05, 0) is 31.0 Å². The molecule has 2 amide bonds. The van der Waals surface area contributed by atoms with Gasteiger partial charge in [0.25, 0.3) is 0 Å². The number of allylic oxidation sites excluding steroid dienone is 1. The highest BCUT2D eigenvalue weighted by Crippen LogP contribution is 2.34. The number of esters is 1. The quantitative estimate of drug-likeness (QED) is 0.784. The average Bonchev–Trinajstić information content (AvgIpc) is 2.47. The summed E-state index contributed by atoms with van der Waals surface area (Å²) in [5, 5.41) is 6.29. The molecule has 5 nitrogen and oxygen atoms in total. The first-order valence-corrected chi connectivity index (χ1v) is 8.16. The summed E-state index contributed by atoms with van der Waals surface area (Å²) in [6.45, 7) is 3.95. The van der Waals surface area contributed by atoms with Crippen molar-refractivity contribution in [2.45, 2.75) is 32.7 Å². The van der Waals surface area contributed by atoms with Crippen LogP contribution in [0.3, 0.4) is 0 Å². The smallest absolute Gasteiger partial charge is 0.338 e. The second-order valence-electron chi connectivity index (χ2n) is 5.06. The van der Waals surface area contributed by atoms with E-state index in [0.29, 0.717) is 33.3 Å². The number of nitrogens with one attached hydrogen (secondary N) is 2. The lowest BCUT2D eigenvalue weighted by molar-refractivity contribution is -0.139. The molecule has 1 aliphatic heterocycles. The van der Waals surface area contributed by atoms with Gasteiger partial charge in [0.2, 0.25) is 0 Å². The molecule has 2 rings (SSSR count). The fraction of sp³-hybridized carbons (Fsp3) is 0.375. The van der Waals surface area contributed by atoms with Crippen molar-refractivity contribution in [3.05, 3.63) is 45.1 Å². The van der Waals surface area contributed by atoms with E-state index in [0.717, 1.165) is 6.42 Å². The Bertz CT molecular complexity index is 659. The molecule has 1 aromatic carbocycles. The summed E-state index contributed by atoms with van der Waals surface area (Å²) >= 11 is 12.2. The van der Waals surface area contributed by atoms with Crippen LogP contribution in [0.1, 0.15) is 38.3 Å². The number of ether oxygens (including phenoxy) is 1. The summed E-state index contributed by atoms with van der Waals surface area (Å²) in [7, 11) is 0. The summed E-state index contributed by atoms with van der Waals surface area (Å²) < 4.78 is 5.15. The van der Waals surface area contributed by atoms with Crippen molar-refractivity contribution < 1.29 is 14.3 Å². The number of hydrogen-bond donors (Lipinski definition) is 2. The average molecular weight is 357 g/mol. The summed E-state index contributed by atoms with van der Waals surface area (Å²) in [4.78, 5) is 24.4. The number of carbonyl (C=O) groups is 2. The normalized spacial score (nSPS) is 17.6. The van der Waals surface area contributed by atoms with Crippen LogP contribution in [0.5, 0.6) is 0 Å². The summed E-state index contributed by atoms with van der Waals surface area (Å²) in [5.41, 5.74) is 1.53. The van der Waals surface area contributed by atoms with E-state index in [2.05, 4.69) is 10.6 Å². The Labute approximate surface area is 145 Å². The predicted octanol–water partition coefficient (Wildman–Crippen LogP) is 3.96. The molecular formula is C16H18Cl2N2O3. The Kier molecular flexibility index (Phi) is 5.91. The van der Waals surface area contributed by atoms with Crippen LogP contribution in [0.4, 0.5) is 4.79 Å². The van der Waals surface area contributed by atoms with Crippen molar-refractivity contribution in [1.29, 1.82) is 0 Å². The van der Waals surface area contributed by atoms with E-state index in [1.165, 1.54) is 0 Å². The lowest BCUT2D eigenvalue weighted by atomic mass is 9.94. The number of urea groups is 1. The van der Waals surface area contributed by atoms with E-state index in [9.17, 15) is 9.59 Å². The van der Waals surface area contributed by atoms with Gasteiger partial charge in [0.1, 0.15) is 0 Å². The van der Waals surface area contributed by atoms with Crippen molar-refractivity contribution in [2.24, 2.45) is 0 Å². The molecular weight excluding hydrogens is 339 g/mol. The molecule has 0 radical (unpaired) electrons. The summed E-state index contributed by atoms with van der Waals surface area (Å²) in [6, 6.07) is 3.89. The molecule has 7 heteroatoms. The first kappa shape index (κ1) is 17.6. The van der Waals surface area contributed by atoms with Crippen LogP contribution < -0.4 is 10.6 Å². The van der Waals surface area contributed by atoms with E-state index < -0.39 is 12.0 Å². The van der Waals surface area contributed by atoms with Crippen LogP contribution in [0, 0.1) is 0 Å². The number of rotatable bonds is 5. The zero-order valence-electron chi connectivity index (χ0n) is 12.9. The zero-order chi connectivity index (χ0) is 17.0. The topological polar surface area (TPSA) is 67.4 Å². The molecule has 124 valence electrons. The summed E-state index contributed by atoms with van der Waals surface area (Å²) in [5.74, 6) is -0.473. The van der Waals surface area contributed by atoms with Crippen LogP contribution in [-0.4, -0.2) is 18.6 Å². The maximum Gasteiger partial charge on any atom is 0.338 e. The van der Waals surface area contributed by atoms with Gasteiger partial charge < -0.3 is 15.4 Å². The maximum absolute atomic E-state index is 12.4. The monoisotopic (exact) mass is 356 g/mol. The van der Waals surface area contributed by atoms with Gasteiger partial charge in [-0.1, -0.05) is 42.6 Å². The standard InChI is InChI=1S/C16H18Cl2N2O3/c1-3-5-12-13(15(21)23-4-2)14(20-16(22)19-12)10-7-6-9(17)8-11(10)18/h6-8,14H,3-5H2,1-2H3,(H2,19,20,22)/t14-/m1/s1. The Balaban J connectivity index is 2.54. The van der Waals surface area contributed by atoms with Crippen molar-refractivity contribution in [1.82, 2.24) is 10.6 Å². The predicted molar refractivity (Wildman–Crippen MR) is 89.4 cm³/mol. The number of benzene rings is 1. The van der Waals surface area contributed by atoms with Gasteiger partial charge in [-0.3, -0.25) is 0 Å². The van der Waals surface area contributed by atoms with Gasteiger partial charge in [-0.15, -0.1) is 0 Å². The molecule has 1 atom stereocenters. The second-order valence-corrected chi connectivity index (χ2v) is 5.90. The molecule has 0 saturated heterocycles. The lowest BCUT2D eigenvalue weighted by Gasteiger charge is -2.29. The molecule has 2 N–H and O–H groups in total. The molecule has 23 heavy (non-hydrogen) atoms. The first-order valence-electron chi connectivity index (χ1n) is 7.40. The number of carbonyl (C=O) groups excluding carboxylic acids is 2. The van der Waals surface area contributed by atoms with E-state index in [1.54, 1.807) is 25.1 Å². The van der Waals surface area contributed by atoms with Crippen LogP contribution in [-0.2, 0) is 9.53 Å². The third-order valence-corrected chi connectivity index (χ3v) is 3.98. The van der Waals surface area contributed by atoms with Crippen molar-refractivity contribution in [2.75, 3.05) is 6.61 Å². The zero-order valence-corrected chi connectivity index (χ0v) is 14.4. The number of amides is 2. The summed E-state index contributed by atoms with van der Waals surface area (Å²) in [6.07, 6.45) is 1.34. The van der Waals surface area contributed by atoms with Crippen molar-refractivity contribution in [3.8, 4) is 0 Å².